The van der Waals surface area contributed by atoms with Gasteiger partial charge in [0.05, 0.1) is 12.4 Å². The van der Waals surface area contributed by atoms with Crippen LogP contribution < -0.4 is 15.6 Å². The van der Waals surface area contributed by atoms with Gasteiger partial charge in [0.1, 0.15) is 5.75 Å². The molecule has 0 unspecified atom stereocenters. The van der Waals surface area contributed by atoms with E-state index in [0.29, 0.717) is 16.5 Å². The summed E-state index contributed by atoms with van der Waals surface area (Å²) in [6.45, 7) is 3.49. The van der Waals surface area contributed by atoms with Crippen molar-refractivity contribution >= 4 is 23.4 Å². The van der Waals surface area contributed by atoms with Crippen molar-refractivity contribution in [2.24, 2.45) is 0 Å². The smallest absolute Gasteiger partial charge is 0.251 e. The monoisotopic (exact) mass is 319 g/mol. The normalized spacial score (nSPS) is 11.8. The zero-order valence-electron chi connectivity index (χ0n) is 12.5. The number of aromatic nitrogens is 2. The first-order valence-corrected chi connectivity index (χ1v) is 7.55. The molecule has 0 radical (unpaired) electrons. The van der Waals surface area contributed by atoms with Crippen LogP contribution in [0.2, 0.25) is 0 Å². The Labute approximate surface area is 132 Å². The van der Waals surface area contributed by atoms with E-state index >= 15 is 0 Å². The molecule has 1 heterocycles. The molecule has 22 heavy (non-hydrogen) atoms. The van der Waals surface area contributed by atoms with E-state index in [1.54, 1.807) is 45.2 Å². The van der Waals surface area contributed by atoms with Gasteiger partial charge in [-0.1, -0.05) is 11.8 Å². The number of H-pyrrole nitrogens is 1. The summed E-state index contributed by atoms with van der Waals surface area (Å²) in [6.07, 6.45) is 0. The number of amides is 1. The molecule has 1 aromatic heterocycles. The van der Waals surface area contributed by atoms with E-state index < -0.39 is 5.25 Å². The lowest BCUT2D eigenvalue weighted by atomic mass is 10.3. The summed E-state index contributed by atoms with van der Waals surface area (Å²) in [4.78, 5) is 30.4. The third-order valence-electron chi connectivity index (χ3n) is 2.86. The Morgan fingerprint density at radius 1 is 1.36 bits per heavy atom. The summed E-state index contributed by atoms with van der Waals surface area (Å²) in [6, 6.07) is 8.48. The van der Waals surface area contributed by atoms with Crippen LogP contribution in [0.25, 0.3) is 0 Å². The number of nitrogens with zero attached hydrogens (tertiary/aromatic N) is 1. The summed E-state index contributed by atoms with van der Waals surface area (Å²) < 4.78 is 5.06. The summed E-state index contributed by atoms with van der Waals surface area (Å²) in [7, 11) is 1.59. The molecule has 0 aliphatic rings. The summed E-state index contributed by atoms with van der Waals surface area (Å²) in [5.74, 6) is 0.557. The van der Waals surface area contributed by atoms with Gasteiger partial charge in [-0.05, 0) is 38.1 Å². The van der Waals surface area contributed by atoms with Crippen LogP contribution in [-0.4, -0.2) is 28.2 Å². The molecule has 116 valence electrons. The molecular weight excluding hydrogens is 302 g/mol. The number of carbonyl (C=O) groups is 1. The Kier molecular flexibility index (Phi) is 5.21. The minimum absolute atomic E-state index is 0.167. The van der Waals surface area contributed by atoms with E-state index in [1.165, 1.54) is 17.8 Å². The van der Waals surface area contributed by atoms with Crippen LogP contribution in [0.15, 0.2) is 40.3 Å². The summed E-state index contributed by atoms with van der Waals surface area (Å²) >= 11 is 1.20. The predicted octanol–water partition coefficient (Wildman–Crippen LogP) is 2.21. The second-order valence-corrected chi connectivity index (χ2v) is 6.00. The molecule has 0 saturated carbocycles. The minimum atomic E-state index is -0.396. The van der Waals surface area contributed by atoms with E-state index in [1.807, 2.05) is 0 Å². The topological polar surface area (TPSA) is 84.1 Å². The highest BCUT2D eigenvalue weighted by atomic mass is 32.2. The number of nitrogens with one attached hydrogen (secondary N) is 2. The molecule has 0 aliphatic carbocycles. The Hall–Kier alpha value is -2.28. The van der Waals surface area contributed by atoms with Crippen molar-refractivity contribution in [3.05, 3.63) is 46.4 Å². The van der Waals surface area contributed by atoms with E-state index in [4.69, 9.17) is 4.74 Å². The van der Waals surface area contributed by atoms with Gasteiger partial charge < -0.3 is 15.0 Å². The molecule has 2 N–H and O–H groups in total. The molecule has 2 rings (SSSR count). The molecule has 0 fully saturated rings. The number of carbonyl (C=O) groups excluding carboxylic acids is 1. The summed E-state index contributed by atoms with van der Waals surface area (Å²) in [5.41, 5.74) is 1.08. The van der Waals surface area contributed by atoms with Crippen LogP contribution in [0.4, 0.5) is 5.69 Å². The highest BCUT2D eigenvalue weighted by Crippen LogP contribution is 2.21. The molecule has 0 saturated heterocycles. The molecule has 1 aromatic carbocycles. The first-order chi connectivity index (χ1) is 10.5. The molecule has 1 amide bonds. The Morgan fingerprint density at radius 3 is 2.64 bits per heavy atom. The fourth-order valence-corrected chi connectivity index (χ4v) is 2.60. The van der Waals surface area contributed by atoms with Crippen molar-refractivity contribution in [2.75, 3.05) is 12.4 Å². The van der Waals surface area contributed by atoms with Gasteiger partial charge in [-0.25, -0.2) is 4.98 Å². The minimum Gasteiger partial charge on any atom is -0.497 e. The number of rotatable bonds is 5. The van der Waals surface area contributed by atoms with Gasteiger partial charge in [-0.2, -0.15) is 0 Å². The van der Waals surface area contributed by atoms with Crippen molar-refractivity contribution in [3.63, 3.8) is 0 Å². The molecule has 0 bridgehead atoms. The van der Waals surface area contributed by atoms with Gasteiger partial charge in [0, 0.05) is 17.4 Å². The Bertz CT molecular complexity index is 713. The first kappa shape index (κ1) is 16.1. The van der Waals surface area contributed by atoms with Crippen LogP contribution >= 0.6 is 11.8 Å². The number of aryl methyl sites for hydroxylation is 1. The van der Waals surface area contributed by atoms with Gasteiger partial charge in [0.15, 0.2) is 5.16 Å². The van der Waals surface area contributed by atoms with Gasteiger partial charge in [0.25, 0.3) is 5.56 Å². The van der Waals surface area contributed by atoms with Crippen LogP contribution in [0.3, 0.4) is 0 Å². The van der Waals surface area contributed by atoms with Crippen molar-refractivity contribution < 1.29 is 9.53 Å². The standard InChI is InChI=1S/C15H17N3O3S/c1-9-8-13(19)18-15(16-9)22-10(2)14(20)17-11-4-6-12(21-3)7-5-11/h4-8,10H,1-3H3,(H,17,20)(H,16,18,19)/t10-/m0/s1. The Balaban J connectivity index is 2.00. The number of hydrogen-bond acceptors (Lipinski definition) is 5. The van der Waals surface area contributed by atoms with Crippen molar-refractivity contribution in [3.8, 4) is 5.75 Å². The van der Waals surface area contributed by atoms with Crippen LogP contribution in [0.1, 0.15) is 12.6 Å². The van der Waals surface area contributed by atoms with E-state index in [0.717, 1.165) is 5.75 Å². The quantitative estimate of drug-likeness (QED) is 0.652. The maximum absolute atomic E-state index is 12.2. The fraction of sp³-hybridized carbons (Fsp3) is 0.267. The average Bonchev–Trinajstić information content (AvgIpc) is 2.46. The zero-order valence-corrected chi connectivity index (χ0v) is 13.4. The third kappa shape index (κ3) is 4.36. The molecule has 0 aliphatic heterocycles. The predicted molar refractivity (Wildman–Crippen MR) is 86.5 cm³/mol. The SMILES string of the molecule is COc1ccc(NC(=O)[C@H](C)Sc2nc(C)cc(=O)[nH]2)cc1. The number of ether oxygens (including phenoxy) is 1. The van der Waals surface area contributed by atoms with E-state index in [2.05, 4.69) is 15.3 Å². The van der Waals surface area contributed by atoms with Crippen molar-refractivity contribution in [1.82, 2.24) is 9.97 Å². The second-order valence-electron chi connectivity index (χ2n) is 4.67. The van der Waals surface area contributed by atoms with Gasteiger partial charge in [0.2, 0.25) is 5.91 Å². The Morgan fingerprint density at radius 2 is 2.05 bits per heavy atom. The molecule has 7 heteroatoms. The fourth-order valence-electron chi connectivity index (χ4n) is 1.75. The number of benzene rings is 1. The lowest BCUT2D eigenvalue weighted by Crippen LogP contribution is -2.23. The lowest BCUT2D eigenvalue weighted by Gasteiger charge is -2.11. The van der Waals surface area contributed by atoms with E-state index in [9.17, 15) is 9.59 Å². The van der Waals surface area contributed by atoms with E-state index in [-0.39, 0.29) is 11.5 Å². The van der Waals surface area contributed by atoms with Gasteiger partial charge >= 0.3 is 0 Å². The first-order valence-electron chi connectivity index (χ1n) is 6.67. The third-order valence-corrected chi connectivity index (χ3v) is 3.85. The zero-order chi connectivity index (χ0) is 16.1. The highest BCUT2D eigenvalue weighted by molar-refractivity contribution is 8.00. The maximum Gasteiger partial charge on any atom is 0.251 e. The van der Waals surface area contributed by atoms with Crippen LogP contribution in [0.5, 0.6) is 5.75 Å². The molecule has 0 spiro atoms. The second kappa shape index (κ2) is 7.13. The highest BCUT2D eigenvalue weighted by Gasteiger charge is 2.16. The molecule has 2 aromatic rings. The van der Waals surface area contributed by atoms with Gasteiger partial charge in [-0.3, -0.25) is 9.59 Å². The average molecular weight is 319 g/mol. The molecule has 6 nitrogen and oxygen atoms in total. The summed E-state index contributed by atoms with van der Waals surface area (Å²) in [5, 5.41) is 2.84. The van der Waals surface area contributed by atoms with Crippen molar-refractivity contribution in [1.29, 1.82) is 0 Å². The number of methoxy groups -OCH3 is 1. The largest absolute Gasteiger partial charge is 0.497 e. The lowest BCUT2D eigenvalue weighted by molar-refractivity contribution is -0.115. The maximum atomic E-state index is 12.2. The molecule has 1 atom stereocenters. The van der Waals surface area contributed by atoms with Crippen LogP contribution in [-0.2, 0) is 4.79 Å². The number of aromatic amines is 1. The van der Waals surface area contributed by atoms with Crippen molar-refractivity contribution in [2.45, 2.75) is 24.3 Å². The molecular formula is C15H17N3O3S. The van der Waals surface area contributed by atoms with Crippen LogP contribution in [0, 0.1) is 6.92 Å². The number of anilines is 1. The number of hydrogen-bond donors (Lipinski definition) is 2. The number of thioether (sulfide) groups is 1. The van der Waals surface area contributed by atoms with Gasteiger partial charge in [-0.15, -0.1) is 0 Å².